The van der Waals surface area contributed by atoms with E-state index in [1.807, 2.05) is 0 Å². The van der Waals surface area contributed by atoms with Gasteiger partial charge in [-0.1, -0.05) is 0 Å². The second kappa shape index (κ2) is 4.41. The highest BCUT2D eigenvalue weighted by molar-refractivity contribution is 8.12. The van der Waals surface area contributed by atoms with Gasteiger partial charge in [-0.25, -0.2) is 4.72 Å². The fourth-order valence-electron chi connectivity index (χ4n) is 1.33. The minimum Gasteiger partial charge on any atom is -0.302 e. The molecule has 0 aromatic carbocycles. The fraction of sp³-hybridized carbons (Fsp3) is 1.00. The Morgan fingerprint density at radius 1 is 1.33 bits per heavy atom. The molecule has 0 aliphatic carbocycles. The molecule has 12 heavy (non-hydrogen) atoms. The van der Waals surface area contributed by atoms with Crippen LogP contribution in [0, 0.1) is 0 Å². The predicted molar refractivity (Wildman–Crippen MR) is 48.4 cm³/mol. The Morgan fingerprint density at radius 3 is 2.42 bits per heavy atom. The molecule has 0 atom stereocenters. The number of hydrogen-bond acceptors (Lipinski definition) is 3. The van der Waals surface area contributed by atoms with Crippen molar-refractivity contribution in [1.82, 2.24) is 9.62 Å². The standard InChI is InChI=1S/C6H13ClN2O2S/c7-12(10,11)8-3-6-9-4-1-2-5-9/h8H,1-6H2. The van der Waals surface area contributed by atoms with E-state index >= 15 is 0 Å². The number of nitrogens with zero attached hydrogens (tertiary/aromatic N) is 1. The fourth-order valence-corrected chi connectivity index (χ4v) is 1.90. The second-order valence-electron chi connectivity index (χ2n) is 2.88. The summed E-state index contributed by atoms with van der Waals surface area (Å²) < 4.78 is 23.1. The number of rotatable bonds is 4. The summed E-state index contributed by atoms with van der Waals surface area (Å²) in [6.45, 7) is 3.31. The van der Waals surface area contributed by atoms with E-state index in [0.717, 1.165) is 19.6 Å². The van der Waals surface area contributed by atoms with Crippen molar-refractivity contribution in [2.45, 2.75) is 12.8 Å². The van der Waals surface area contributed by atoms with Crippen molar-refractivity contribution in [2.75, 3.05) is 26.2 Å². The maximum atomic E-state index is 10.4. The lowest BCUT2D eigenvalue weighted by Gasteiger charge is -2.13. The van der Waals surface area contributed by atoms with Crippen molar-refractivity contribution in [2.24, 2.45) is 0 Å². The zero-order valence-electron chi connectivity index (χ0n) is 6.79. The predicted octanol–water partition coefficient (Wildman–Crippen LogP) is 0.155. The Hall–Kier alpha value is 0.160. The third kappa shape index (κ3) is 4.25. The molecule has 6 heteroatoms. The quantitative estimate of drug-likeness (QED) is 0.676. The zero-order chi connectivity index (χ0) is 9.03. The SMILES string of the molecule is O=S(=O)(Cl)NCCN1CCCC1. The van der Waals surface area contributed by atoms with Gasteiger partial charge in [0.15, 0.2) is 0 Å². The summed E-state index contributed by atoms with van der Waals surface area (Å²) in [5, 5.41) is 0. The van der Waals surface area contributed by atoms with E-state index in [4.69, 9.17) is 10.7 Å². The van der Waals surface area contributed by atoms with Gasteiger partial charge in [-0.3, -0.25) is 0 Å². The molecule has 1 saturated heterocycles. The van der Waals surface area contributed by atoms with Crippen molar-refractivity contribution in [1.29, 1.82) is 0 Å². The number of halogens is 1. The largest absolute Gasteiger partial charge is 0.302 e. The lowest BCUT2D eigenvalue weighted by Crippen LogP contribution is -2.31. The second-order valence-corrected chi connectivity index (χ2v) is 5.26. The van der Waals surface area contributed by atoms with E-state index in [1.54, 1.807) is 0 Å². The molecule has 0 amide bonds. The van der Waals surface area contributed by atoms with Gasteiger partial charge in [0.1, 0.15) is 0 Å². The highest BCUT2D eigenvalue weighted by Crippen LogP contribution is 2.05. The smallest absolute Gasteiger partial charge is 0.297 e. The van der Waals surface area contributed by atoms with E-state index in [9.17, 15) is 8.42 Å². The van der Waals surface area contributed by atoms with E-state index in [0.29, 0.717) is 6.54 Å². The Bertz CT molecular complexity index is 224. The molecule has 0 spiro atoms. The average molecular weight is 213 g/mol. The van der Waals surface area contributed by atoms with Crippen LogP contribution in [0.5, 0.6) is 0 Å². The minimum absolute atomic E-state index is 0.409. The van der Waals surface area contributed by atoms with E-state index in [1.165, 1.54) is 12.8 Å². The summed E-state index contributed by atoms with van der Waals surface area (Å²) in [5.41, 5.74) is 0. The summed E-state index contributed by atoms with van der Waals surface area (Å²) in [5.74, 6) is 0. The van der Waals surface area contributed by atoms with Crippen LogP contribution in [0.3, 0.4) is 0 Å². The average Bonchev–Trinajstić information content (AvgIpc) is 2.36. The number of likely N-dealkylation sites (tertiary alicyclic amines) is 1. The van der Waals surface area contributed by atoms with Gasteiger partial charge in [-0.2, -0.15) is 8.42 Å². The molecule has 1 aliphatic heterocycles. The van der Waals surface area contributed by atoms with Crippen LogP contribution in [0.1, 0.15) is 12.8 Å². The Kier molecular flexibility index (Phi) is 3.77. The van der Waals surface area contributed by atoms with Gasteiger partial charge >= 0.3 is 0 Å². The minimum atomic E-state index is -3.52. The van der Waals surface area contributed by atoms with Gasteiger partial charge in [0, 0.05) is 23.8 Å². The number of nitrogens with one attached hydrogen (secondary N) is 1. The molecule has 0 radical (unpaired) electrons. The molecule has 72 valence electrons. The van der Waals surface area contributed by atoms with E-state index in [-0.39, 0.29) is 0 Å². The molecule has 1 heterocycles. The van der Waals surface area contributed by atoms with Crippen molar-refractivity contribution in [3.05, 3.63) is 0 Å². The molecule has 0 bridgehead atoms. The van der Waals surface area contributed by atoms with Gasteiger partial charge < -0.3 is 4.90 Å². The first kappa shape index (κ1) is 10.2. The summed E-state index contributed by atoms with van der Waals surface area (Å²) in [4.78, 5) is 2.22. The Labute approximate surface area is 77.4 Å². The van der Waals surface area contributed by atoms with Gasteiger partial charge in [-0.15, -0.1) is 0 Å². The molecule has 0 aromatic rings. The van der Waals surface area contributed by atoms with E-state index < -0.39 is 9.24 Å². The van der Waals surface area contributed by atoms with Crippen LogP contribution in [-0.2, 0) is 9.24 Å². The Balaban J connectivity index is 2.09. The summed E-state index contributed by atoms with van der Waals surface area (Å²) in [6, 6.07) is 0. The molecule has 1 fully saturated rings. The first-order valence-corrected chi connectivity index (χ1v) is 6.30. The lowest BCUT2D eigenvalue weighted by molar-refractivity contribution is 0.344. The molecule has 1 rings (SSSR count). The zero-order valence-corrected chi connectivity index (χ0v) is 8.36. The van der Waals surface area contributed by atoms with Gasteiger partial charge in [0.2, 0.25) is 0 Å². The summed E-state index contributed by atoms with van der Waals surface area (Å²) in [6.07, 6.45) is 2.43. The number of hydrogen-bond donors (Lipinski definition) is 1. The molecule has 0 aromatic heterocycles. The van der Waals surface area contributed by atoms with Gasteiger partial charge in [0.25, 0.3) is 9.24 Å². The highest BCUT2D eigenvalue weighted by Gasteiger charge is 2.11. The van der Waals surface area contributed by atoms with Crippen molar-refractivity contribution in [3.63, 3.8) is 0 Å². The van der Waals surface area contributed by atoms with Crippen molar-refractivity contribution >= 4 is 19.9 Å². The molecule has 1 N–H and O–H groups in total. The first-order valence-electron chi connectivity index (χ1n) is 3.99. The third-order valence-corrected chi connectivity index (χ3v) is 2.78. The van der Waals surface area contributed by atoms with Crippen LogP contribution in [-0.4, -0.2) is 39.5 Å². The highest BCUT2D eigenvalue weighted by atomic mass is 35.7. The van der Waals surface area contributed by atoms with Crippen LogP contribution in [0.15, 0.2) is 0 Å². The normalized spacial score (nSPS) is 20.1. The Morgan fingerprint density at radius 2 is 1.92 bits per heavy atom. The monoisotopic (exact) mass is 212 g/mol. The molecule has 1 aliphatic rings. The van der Waals surface area contributed by atoms with Crippen molar-refractivity contribution < 1.29 is 8.42 Å². The van der Waals surface area contributed by atoms with Gasteiger partial charge in [0.05, 0.1) is 0 Å². The van der Waals surface area contributed by atoms with Gasteiger partial charge in [-0.05, 0) is 25.9 Å². The van der Waals surface area contributed by atoms with Crippen LogP contribution < -0.4 is 4.72 Å². The molecular formula is C6H13ClN2O2S. The maximum absolute atomic E-state index is 10.4. The van der Waals surface area contributed by atoms with Crippen LogP contribution in [0.4, 0.5) is 0 Å². The maximum Gasteiger partial charge on any atom is 0.297 e. The summed E-state index contributed by atoms with van der Waals surface area (Å²) in [7, 11) is 1.44. The lowest BCUT2D eigenvalue weighted by atomic mass is 10.4. The molecule has 4 nitrogen and oxygen atoms in total. The van der Waals surface area contributed by atoms with Crippen molar-refractivity contribution in [3.8, 4) is 0 Å². The van der Waals surface area contributed by atoms with Crippen LogP contribution >= 0.6 is 10.7 Å². The molecule has 0 unspecified atom stereocenters. The van der Waals surface area contributed by atoms with E-state index in [2.05, 4.69) is 9.62 Å². The van der Waals surface area contributed by atoms with Crippen LogP contribution in [0.25, 0.3) is 0 Å². The topological polar surface area (TPSA) is 49.4 Å². The first-order chi connectivity index (χ1) is 5.58. The molecule has 0 saturated carbocycles. The van der Waals surface area contributed by atoms with Crippen LogP contribution in [0.2, 0.25) is 0 Å². The molecular weight excluding hydrogens is 200 g/mol. The summed E-state index contributed by atoms with van der Waals surface area (Å²) >= 11 is 0. The third-order valence-electron chi connectivity index (χ3n) is 1.90.